The van der Waals surface area contributed by atoms with E-state index in [0.29, 0.717) is 24.2 Å². The highest BCUT2D eigenvalue weighted by atomic mass is 28.4. The second-order valence-electron chi connectivity index (χ2n) is 13.5. The SMILES string of the molecule is COCCCC=C(c1cccc(C(=O)N2C[C@H](O[Si](C)(C)C(C)(C)C)[C@H](NC(=O)O)C2)c1)c1cccc(F)c1-c1cccc(C)c1. The Balaban J connectivity index is 1.71. The van der Waals surface area contributed by atoms with E-state index in [0.717, 1.165) is 34.2 Å². The number of likely N-dealkylation sites (tertiary alicyclic amines) is 1. The van der Waals surface area contributed by atoms with E-state index in [1.165, 1.54) is 6.07 Å². The fraction of sp³-hybridized carbons (Fsp3) is 0.405. The number of halogens is 1. The summed E-state index contributed by atoms with van der Waals surface area (Å²) in [6, 6.07) is 19.7. The first-order chi connectivity index (χ1) is 21.7. The predicted octanol–water partition coefficient (Wildman–Crippen LogP) is 8.14. The number of ether oxygens (including phenoxy) is 1. The molecule has 0 unspecified atom stereocenters. The number of unbranched alkanes of at least 4 members (excludes halogenated alkanes) is 1. The number of rotatable bonds is 11. The maximum atomic E-state index is 15.6. The Labute approximate surface area is 273 Å². The first-order valence-electron chi connectivity index (χ1n) is 15.8. The monoisotopic (exact) mass is 646 g/mol. The summed E-state index contributed by atoms with van der Waals surface area (Å²) < 4.78 is 27.5. The van der Waals surface area contributed by atoms with Crippen molar-refractivity contribution in [3.63, 3.8) is 0 Å². The molecule has 1 aliphatic heterocycles. The highest BCUT2D eigenvalue weighted by molar-refractivity contribution is 6.74. The molecule has 0 bridgehead atoms. The number of amides is 2. The minimum atomic E-state index is -2.25. The summed E-state index contributed by atoms with van der Waals surface area (Å²) in [5.41, 5.74) is 5.14. The van der Waals surface area contributed by atoms with Crippen molar-refractivity contribution in [2.75, 3.05) is 26.8 Å². The topological polar surface area (TPSA) is 88.1 Å². The zero-order valence-corrected chi connectivity index (χ0v) is 29.0. The van der Waals surface area contributed by atoms with Gasteiger partial charge in [0.15, 0.2) is 8.32 Å². The van der Waals surface area contributed by atoms with Crippen LogP contribution in [-0.4, -0.2) is 69.3 Å². The Kier molecular flexibility index (Phi) is 11.2. The van der Waals surface area contributed by atoms with Gasteiger partial charge in [0.25, 0.3) is 5.91 Å². The number of allylic oxidation sites excluding steroid dienone is 1. The molecular formula is C37H47FN2O5Si. The quantitative estimate of drug-likeness (QED) is 0.162. The fourth-order valence-electron chi connectivity index (χ4n) is 5.61. The Morgan fingerprint density at radius 1 is 1.04 bits per heavy atom. The van der Waals surface area contributed by atoms with Gasteiger partial charge < -0.3 is 24.5 Å². The summed E-state index contributed by atoms with van der Waals surface area (Å²) >= 11 is 0. The fourth-order valence-corrected chi connectivity index (χ4v) is 6.96. The number of hydrogen-bond acceptors (Lipinski definition) is 4. The van der Waals surface area contributed by atoms with Crippen LogP contribution in [-0.2, 0) is 9.16 Å². The van der Waals surface area contributed by atoms with E-state index < -0.39 is 26.6 Å². The highest BCUT2D eigenvalue weighted by Gasteiger charge is 2.45. The van der Waals surface area contributed by atoms with Gasteiger partial charge in [0.05, 0.1) is 12.1 Å². The number of benzene rings is 3. The Hall–Kier alpha value is -3.79. The normalized spacial score (nSPS) is 17.3. The molecule has 0 radical (unpaired) electrons. The van der Waals surface area contributed by atoms with Crippen LogP contribution < -0.4 is 5.32 Å². The lowest BCUT2D eigenvalue weighted by atomic mass is 9.88. The Bertz CT molecular complexity index is 1580. The van der Waals surface area contributed by atoms with Crippen LogP contribution in [0.25, 0.3) is 16.7 Å². The molecule has 3 aromatic rings. The molecule has 246 valence electrons. The number of carboxylic acid groups (broad SMARTS) is 1. The number of nitrogens with zero attached hydrogens (tertiary/aromatic N) is 1. The van der Waals surface area contributed by atoms with Crippen LogP contribution in [0.4, 0.5) is 9.18 Å². The molecule has 2 amide bonds. The minimum absolute atomic E-state index is 0.0767. The lowest BCUT2D eigenvalue weighted by Gasteiger charge is -2.39. The third kappa shape index (κ3) is 8.32. The second kappa shape index (κ2) is 14.7. The van der Waals surface area contributed by atoms with Gasteiger partial charge in [0.2, 0.25) is 0 Å². The summed E-state index contributed by atoms with van der Waals surface area (Å²) in [4.78, 5) is 27.3. The second-order valence-corrected chi connectivity index (χ2v) is 18.3. The van der Waals surface area contributed by atoms with Crippen LogP contribution in [0.3, 0.4) is 0 Å². The third-order valence-electron chi connectivity index (χ3n) is 9.05. The molecule has 1 fully saturated rings. The molecule has 1 aliphatic rings. The van der Waals surface area contributed by atoms with E-state index in [9.17, 15) is 14.7 Å². The molecule has 0 saturated carbocycles. The number of hydrogen-bond donors (Lipinski definition) is 2. The van der Waals surface area contributed by atoms with Gasteiger partial charge in [-0.3, -0.25) is 4.79 Å². The van der Waals surface area contributed by atoms with Crippen LogP contribution in [0, 0.1) is 12.7 Å². The smallest absolute Gasteiger partial charge is 0.405 e. The van der Waals surface area contributed by atoms with E-state index in [2.05, 4.69) is 45.3 Å². The van der Waals surface area contributed by atoms with Crippen molar-refractivity contribution in [1.82, 2.24) is 10.2 Å². The number of methoxy groups -OCH3 is 1. The van der Waals surface area contributed by atoms with Crippen LogP contribution in [0.1, 0.15) is 60.7 Å². The average molecular weight is 647 g/mol. The average Bonchev–Trinajstić information content (AvgIpc) is 3.36. The predicted molar refractivity (Wildman–Crippen MR) is 184 cm³/mol. The van der Waals surface area contributed by atoms with Gasteiger partial charge in [0.1, 0.15) is 5.82 Å². The van der Waals surface area contributed by atoms with Gasteiger partial charge in [-0.25, -0.2) is 9.18 Å². The van der Waals surface area contributed by atoms with E-state index in [4.69, 9.17) is 9.16 Å². The van der Waals surface area contributed by atoms with Gasteiger partial charge in [-0.1, -0.05) is 80.9 Å². The lowest BCUT2D eigenvalue weighted by Crippen LogP contribution is -2.51. The molecular weight excluding hydrogens is 600 g/mol. The molecule has 0 aliphatic carbocycles. The number of carbonyl (C=O) groups excluding carboxylic acids is 1. The van der Waals surface area contributed by atoms with Crippen molar-refractivity contribution in [3.8, 4) is 11.1 Å². The van der Waals surface area contributed by atoms with Crippen LogP contribution in [0.5, 0.6) is 0 Å². The van der Waals surface area contributed by atoms with Gasteiger partial charge in [-0.05, 0) is 78.4 Å². The zero-order valence-electron chi connectivity index (χ0n) is 28.0. The zero-order chi connectivity index (χ0) is 33.6. The van der Waals surface area contributed by atoms with E-state index in [1.54, 1.807) is 24.1 Å². The summed E-state index contributed by atoms with van der Waals surface area (Å²) in [6.45, 7) is 13.7. The van der Waals surface area contributed by atoms with Crippen LogP contribution in [0.2, 0.25) is 18.1 Å². The van der Waals surface area contributed by atoms with E-state index in [1.807, 2.05) is 55.5 Å². The summed E-state index contributed by atoms with van der Waals surface area (Å²) in [5, 5.41) is 12.0. The number of carbonyl (C=O) groups is 2. The van der Waals surface area contributed by atoms with Crippen LogP contribution >= 0.6 is 0 Å². The van der Waals surface area contributed by atoms with Crippen LogP contribution in [0.15, 0.2) is 72.8 Å². The molecule has 3 aromatic carbocycles. The van der Waals surface area contributed by atoms with Crippen molar-refractivity contribution in [2.45, 2.75) is 70.8 Å². The Morgan fingerprint density at radius 3 is 2.41 bits per heavy atom. The Morgan fingerprint density at radius 2 is 1.74 bits per heavy atom. The summed E-state index contributed by atoms with van der Waals surface area (Å²) in [5.74, 6) is -0.530. The van der Waals surface area contributed by atoms with Crippen molar-refractivity contribution < 1.29 is 28.2 Å². The molecule has 0 spiro atoms. The lowest BCUT2D eigenvalue weighted by molar-refractivity contribution is 0.0768. The van der Waals surface area contributed by atoms with E-state index >= 15 is 4.39 Å². The number of aryl methyl sites for hydroxylation is 1. The van der Waals surface area contributed by atoms with Crippen molar-refractivity contribution in [3.05, 3.63) is 101 Å². The molecule has 0 aromatic heterocycles. The van der Waals surface area contributed by atoms with Gasteiger partial charge in [-0.2, -0.15) is 0 Å². The molecule has 1 heterocycles. The number of nitrogens with one attached hydrogen (secondary N) is 1. The standard InChI is InChI=1S/C37H47FN2O5Si/c1-25-13-10-15-27(21-25)34-30(18-12-19-31(34)38)29(17-8-9-20-44-5)26-14-11-16-28(22-26)35(41)40-23-32(39-36(42)43)33(24-40)45-46(6,7)37(2,3)4/h10-19,21-22,32-33,39H,8-9,20,23-24H2,1-7H3,(H,42,43)/t32-,33+/m1/s1. The first kappa shape index (κ1) is 35.1. The van der Waals surface area contributed by atoms with E-state index in [-0.39, 0.29) is 29.9 Å². The molecule has 4 rings (SSSR count). The third-order valence-corrected chi connectivity index (χ3v) is 13.6. The summed E-state index contributed by atoms with van der Waals surface area (Å²) in [6.07, 6.45) is 1.97. The molecule has 2 atom stereocenters. The maximum absolute atomic E-state index is 15.6. The van der Waals surface area contributed by atoms with Crippen molar-refractivity contribution >= 4 is 25.9 Å². The van der Waals surface area contributed by atoms with Gasteiger partial charge in [-0.15, -0.1) is 0 Å². The van der Waals surface area contributed by atoms with Gasteiger partial charge >= 0.3 is 6.09 Å². The highest BCUT2D eigenvalue weighted by Crippen LogP contribution is 2.39. The van der Waals surface area contributed by atoms with Crippen molar-refractivity contribution in [1.29, 1.82) is 0 Å². The maximum Gasteiger partial charge on any atom is 0.405 e. The molecule has 2 N–H and O–H groups in total. The molecule has 9 heteroatoms. The molecule has 46 heavy (non-hydrogen) atoms. The molecule has 1 saturated heterocycles. The summed E-state index contributed by atoms with van der Waals surface area (Å²) in [7, 11) is -0.581. The van der Waals surface area contributed by atoms with Gasteiger partial charge in [0, 0.05) is 37.9 Å². The largest absolute Gasteiger partial charge is 0.465 e. The van der Waals surface area contributed by atoms with Crippen molar-refractivity contribution in [2.24, 2.45) is 0 Å². The first-order valence-corrected chi connectivity index (χ1v) is 18.7. The molecule has 7 nitrogen and oxygen atoms in total. The minimum Gasteiger partial charge on any atom is -0.465 e.